The first kappa shape index (κ1) is 13.4. The monoisotopic (exact) mass is 218 g/mol. The van der Waals surface area contributed by atoms with E-state index in [-0.39, 0.29) is 0 Å². The van der Waals surface area contributed by atoms with E-state index in [1.807, 2.05) is 0 Å². The molecule has 0 aliphatic carbocycles. The molecule has 0 spiro atoms. The molecule has 0 aromatic carbocycles. The zero-order valence-corrected chi connectivity index (χ0v) is 9.27. The minimum atomic E-state index is -0.930. The third-order valence-electron chi connectivity index (χ3n) is 1.73. The van der Waals surface area contributed by atoms with Gasteiger partial charge >= 0.3 is 5.97 Å². The number of nitrogens with two attached hydrogens (primary N) is 1. The van der Waals surface area contributed by atoms with E-state index in [1.165, 1.54) is 0 Å². The molecular formula is C9H18N2O2S. The highest BCUT2D eigenvalue weighted by atomic mass is 32.2. The Morgan fingerprint density at radius 2 is 2.21 bits per heavy atom. The zero-order chi connectivity index (χ0) is 11.0. The van der Waals surface area contributed by atoms with Crippen LogP contribution in [0.5, 0.6) is 0 Å². The first-order valence-corrected chi connectivity index (χ1v) is 5.79. The highest BCUT2D eigenvalue weighted by Gasteiger charge is 2.09. The molecule has 0 radical (unpaired) electrons. The largest absolute Gasteiger partial charge is 0.480 e. The molecule has 0 saturated carbocycles. The molecule has 4 nitrogen and oxygen atoms in total. The van der Waals surface area contributed by atoms with Gasteiger partial charge in [-0.1, -0.05) is 0 Å². The number of aliphatic carboxylic acids is 1. The fraction of sp³-hybridized carbons (Fsp3) is 0.778. The summed E-state index contributed by atoms with van der Waals surface area (Å²) in [5.41, 5.74) is 6.03. The second-order valence-electron chi connectivity index (χ2n) is 3.23. The average Bonchev–Trinajstić information content (AvgIpc) is 2.09. The van der Waals surface area contributed by atoms with E-state index < -0.39 is 12.0 Å². The number of hydrogen-bond donors (Lipinski definition) is 3. The number of carboxylic acid groups (broad SMARTS) is 1. The van der Waals surface area contributed by atoms with Gasteiger partial charge in [-0.3, -0.25) is 4.79 Å². The summed E-state index contributed by atoms with van der Waals surface area (Å²) in [5.74, 6) is 0.827. The zero-order valence-electron chi connectivity index (χ0n) is 8.45. The number of hydrogen-bond acceptors (Lipinski definition) is 4. The van der Waals surface area contributed by atoms with Crippen LogP contribution in [0.2, 0.25) is 0 Å². The molecule has 5 heteroatoms. The standard InChI is InChI=1S/C9H18N2O2S/c1-7(10)3-2-5-14-6-4-8(11)9(12)13/h8,10H,2-6,11H2,1H3,(H,12,13). The van der Waals surface area contributed by atoms with Gasteiger partial charge in [0.15, 0.2) is 0 Å². The van der Waals surface area contributed by atoms with E-state index in [2.05, 4.69) is 0 Å². The molecule has 14 heavy (non-hydrogen) atoms. The SMILES string of the molecule is CC(=N)CCCSCCC(N)C(=O)O. The Bertz CT molecular complexity index is 197. The molecule has 0 bridgehead atoms. The molecule has 0 aliphatic heterocycles. The van der Waals surface area contributed by atoms with Crippen LogP contribution in [0.15, 0.2) is 0 Å². The normalized spacial score (nSPS) is 12.4. The van der Waals surface area contributed by atoms with Crippen molar-refractivity contribution >= 4 is 23.4 Å². The molecule has 0 heterocycles. The lowest BCUT2D eigenvalue weighted by Crippen LogP contribution is -2.30. The van der Waals surface area contributed by atoms with Gasteiger partial charge in [-0.15, -0.1) is 0 Å². The number of carbonyl (C=O) groups is 1. The molecule has 0 amide bonds. The maximum absolute atomic E-state index is 10.3. The van der Waals surface area contributed by atoms with Gasteiger partial charge in [0.05, 0.1) is 0 Å². The van der Waals surface area contributed by atoms with Crippen LogP contribution >= 0.6 is 11.8 Å². The summed E-state index contributed by atoms with van der Waals surface area (Å²) in [4.78, 5) is 10.3. The Morgan fingerprint density at radius 3 is 2.71 bits per heavy atom. The Balaban J connectivity index is 3.21. The van der Waals surface area contributed by atoms with Crippen LogP contribution in [-0.2, 0) is 4.79 Å². The van der Waals surface area contributed by atoms with Crippen molar-refractivity contribution in [2.45, 2.75) is 32.2 Å². The summed E-state index contributed by atoms with van der Waals surface area (Å²) in [6, 6.07) is -0.730. The molecular weight excluding hydrogens is 200 g/mol. The van der Waals surface area contributed by atoms with Gasteiger partial charge in [0.25, 0.3) is 0 Å². The van der Waals surface area contributed by atoms with Gasteiger partial charge in [0.1, 0.15) is 6.04 Å². The van der Waals surface area contributed by atoms with Crippen molar-refractivity contribution in [1.29, 1.82) is 5.41 Å². The fourth-order valence-electron chi connectivity index (χ4n) is 0.875. The Hall–Kier alpha value is -0.550. The van der Waals surface area contributed by atoms with Crippen molar-refractivity contribution in [3.63, 3.8) is 0 Å². The highest BCUT2D eigenvalue weighted by molar-refractivity contribution is 7.99. The Kier molecular flexibility index (Phi) is 7.51. The van der Waals surface area contributed by atoms with Gasteiger partial charge in [-0.25, -0.2) is 0 Å². The number of thioether (sulfide) groups is 1. The van der Waals surface area contributed by atoms with Crippen LogP contribution in [-0.4, -0.2) is 34.3 Å². The van der Waals surface area contributed by atoms with Gasteiger partial charge in [0, 0.05) is 5.71 Å². The molecule has 1 unspecified atom stereocenters. The van der Waals surface area contributed by atoms with Crippen LogP contribution in [0.1, 0.15) is 26.2 Å². The average molecular weight is 218 g/mol. The first-order valence-electron chi connectivity index (χ1n) is 4.64. The van der Waals surface area contributed by atoms with E-state index in [1.54, 1.807) is 18.7 Å². The quantitative estimate of drug-likeness (QED) is 0.424. The molecule has 1 atom stereocenters. The Labute approximate surface area is 88.8 Å². The van der Waals surface area contributed by atoms with Gasteiger partial charge in [-0.05, 0) is 37.7 Å². The van der Waals surface area contributed by atoms with Gasteiger partial charge in [0.2, 0.25) is 0 Å². The van der Waals surface area contributed by atoms with Crippen molar-refractivity contribution in [2.24, 2.45) is 5.73 Å². The number of nitrogens with one attached hydrogen (secondary N) is 1. The molecule has 0 aliphatic rings. The van der Waals surface area contributed by atoms with Crippen molar-refractivity contribution in [1.82, 2.24) is 0 Å². The minimum absolute atomic E-state index is 0.517. The highest BCUT2D eigenvalue weighted by Crippen LogP contribution is 2.07. The summed E-state index contributed by atoms with van der Waals surface area (Å²) < 4.78 is 0. The lowest BCUT2D eigenvalue weighted by Gasteiger charge is -2.05. The molecule has 0 aromatic heterocycles. The maximum Gasteiger partial charge on any atom is 0.320 e. The second kappa shape index (κ2) is 7.82. The lowest BCUT2D eigenvalue weighted by atomic mass is 10.2. The first-order chi connectivity index (χ1) is 6.54. The molecule has 0 saturated heterocycles. The van der Waals surface area contributed by atoms with Crippen molar-refractivity contribution < 1.29 is 9.90 Å². The maximum atomic E-state index is 10.3. The van der Waals surface area contributed by atoms with Gasteiger partial charge < -0.3 is 16.2 Å². The van der Waals surface area contributed by atoms with E-state index in [0.717, 1.165) is 24.3 Å². The third-order valence-corrected chi connectivity index (χ3v) is 2.83. The van der Waals surface area contributed by atoms with Crippen molar-refractivity contribution in [3.8, 4) is 0 Å². The van der Waals surface area contributed by atoms with Crippen LogP contribution < -0.4 is 5.73 Å². The second-order valence-corrected chi connectivity index (χ2v) is 4.45. The summed E-state index contributed by atoms with van der Waals surface area (Å²) in [6.45, 7) is 1.80. The van der Waals surface area contributed by atoms with Crippen LogP contribution in [0.4, 0.5) is 0 Å². The van der Waals surface area contributed by atoms with Crippen LogP contribution in [0.3, 0.4) is 0 Å². The summed E-state index contributed by atoms with van der Waals surface area (Å²) in [6.07, 6.45) is 2.34. The minimum Gasteiger partial charge on any atom is -0.480 e. The predicted octanol–water partition coefficient (Wildman–Crippen LogP) is 1.34. The molecule has 82 valence electrons. The van der Waals surface area contributed by atoms with E-state index in [4.69, 9.17) is 16.2 Å². The van der Waals surface area contributed by atoms with E-state index in [9.17, 15) is 4.79 Å². The fourth-order valence-corrected chi connectivity index (χ4v) is 1.85. The number of rotatable bonds is 8. The topological polar surface area (TPSA) is 87.2 Å². The summed E-state index contributed by atoms with van der Waals surface area (Å²) in [5, 5.41) is 15.7. The van der Waals surface area contributed by atoms with Crippen molar-refractivity contribution in [2.75, 3.05) is 11.5 Å². The summed E-state index contributed by atoms with van der Waals surface area (Å²) >= 11 is 1.70. The van der Waals surface area contributed by atoms with E-state index in [0.29, 0.717) is 12.1 Å². The number of carboxylic acids is 1. The van der Waals surface area contributed by atoms with E-state index >= 15 is 0 Å². The predicted molar refractivity (Wildman–Crippen MR) is 60.2 cm³/mol. The molecule has 0 rings (SSSR count). The third kappa shape index (κ3) is 8.07. The molecule has 0 fully saturated rings. The molecule has 0 aromatic rings. The molecule has 4 N–H and O–H groups in total. The lowest BCUT2D eigenvalue weighted by molar-refractivity contribution is -0.138. The van der Waals surface area contributed by atoms with Gasteiger partial charge in [-0.2, -0.15) is 11.8 Å². The van der Waals surface area contributed by atoms with Crippen LogP contribution in [0, 0.1) is 5.41 Å². The smallest absolute Gasteiger partial charge is 0.320 e. The summed E-state index contributed by atoms with van der Waals surface area (Å²) in [7, 11) is 0. The van der Waals surface area contributed by atoms with Crippen molar-refractivity contribution in [3.05, 3.63) is 0 Å². The van der Waals surface area contributed by atoms with Crippen LogP contribution in [0.25, 0.3) is 0 Å². The Morgan fingerprint density at radius 1 is 1.57 bits per heavy atom.